The largest absolute Gasteiger partial charge is 0.349 e. The molecule has 0 saturated carbocycles. The number of anilines is 1. The Hall–Kier alpha value is -2.14. The molecule has 0 fully saturated rings. The molecule has 0 heterocycles. The molecule has 0 radical (unpaired) electrons. The summed E-state index contributed by atoms with van der Waals surface area (Å²) in [5, 5.41) is 5.43. The number of amides is 2. The van der Waals surface area contributed by atoms with Crippen molar-refractivity contribution in [1.29, 1.82) is 0 Å². The van der Waals surface area contributed by atoms with Crippen LogP contribution >= 0.6 is 0 Å². The lowest BCUT2D eigenvalue weighted by molar-refractivity contribution is -0.119. The Morgan fingerprint density at radius 2 is 1.86 bits per heavy atom. The first-order valence-electron chi connectivity index (χ1n) is 6.81. The van der Waals surface area contributed by atoms with Gasteiger partial charge in [0, 0.05) is 17.8 Å². The summed E-state index contributed by atoms with van der Waals surface area (Å²) in [5.41, 5.74) is 6.71. The minimum absolute atomic E-state index is 0.181. The van der Waals surface area contributed by atoms with Gasteiger partial charge in [0.2, 0.25) is 5.91 Å². The molecule has 1 aromatic carbocycles. The third-order valence-corrected chi connectivity index (χ3v) is 3.04. The van der Waals surface area contributed by atoms with Crippen LogP contribution in [0, 0.1) is 5.41 Å². The first-order chi connectivity index (χ1) is 9.75. The molecule has 0 saturated heterocycles. The van der Waals surface area contributed by atoms with Crippen LogP contribution in [-0.4, -0.2) is 24.4 Å². The number of rotatable bonds is 5. The van der Waals surface area contributed by atoms with Crippen LogP contribution in [0.15, 0.2) is 36.9 Å². The number of carbonyl (C=O) groups excluding carboxylic acids is 2. The van der Waals surface area contributed by atoms with Crippen LogP contribution in [0.2, 0.25) is 0 Å². The number of hydrogen-bond acceptors (Lipinski definition) is 3. The van der Waals surface area contributed by atoms with Gasteiger partial charge in [-0.2, -0.15) is 0 Å². The van der Waals surface area contributed by atoms with Crippen LogP contribution < -0.4 is 16.4 Å². The Labute approximate surface area is 125 Å². The predicted octanol–water partition coefficient (Wildman–Crippen LogP) is 1.91. The van der Waals surface area contributed by atoms with E-state index in [0.717, 1.165) is 0 Å². The molecule has 5 nitrogen and oxygen atoms in total. The summed E-state index contributed by atoms with van der Waals surface area (Å²) in [6.07, 6.45) is 1.61. The fourth-order valence-electron chi connectivity index (χ4n) is 1.59. The quantitative estimate of drug-likeness (QED) is 0.724. The summed E-state index contributed by atoms with van der Waals surface area (Å²) in [6, 6.07) is 6.05. The summed E-state index contributed by atoms with van der Waals surface area (Å²) in [4.78, 5) is 23.7. The van der Waals surface area contributed by atoms with Crippen molar-refractivity contribution in [1.82, 2.24) is 5.32 Å². The maximum absolute atomic E-state index is 12.0. The fraction of sp³-hybridized carbons (Fsp3) is 0.375. The topological polar surface area (TPSA) is 84.2 Å². The molecule has 0 aliphatic heterocycles. The van der Waals surface area contributed by atoms with E-state index in [4.69, 9.17) is 5.73 Å². The zero-order valence-corrected chi connectivity index (χ0v) is 12.8. The summed E-state index contributed by atoms with van der Waals surface area (Å²) in [5.74, 6) is -0.425. The molecular weight excluding hydrogens is 266 g/mol. The molecule has 5 heteroatoms. The fourth-order valence-corrected chi connectivity index (χ4v) is 1.59. The number of benzene rings is 1. The van der Waals surface area contributed by atoms with Crippen LogP contribution in [0.5, 0.6) is 0 Å². The first-order valence-corrected chi connectivity index (χ1v) is 6.81. The zero-order chi connectivity index (χ0) is 16.0. The second kappa shape index (κ2) is 7.04. The molecule has 2 amide bonds. The van der Waals surface area contributed by atoms with E-state index in [-0.39, 0.29) is 17.2 Å². The average Bonchev–Trinajstić information content (AvgIpc) is 2.43. The summed E-state index contributed by atoms with van der Waals surface area (Å²) >= 11 is 0. The van der Waals surface area contributed by atoms with Gasteiger partial charge in [-0.1, -0.05) is 26.8 Å². The van der Waals surface area contributed by atoms with E-state index in [9.17, 15) is 9.59 Å². The monoisotopic (exact) mass is 289 g/mol. The van der Waals surface area contributed by atoms with Crippen LogP contribution in [-0.2, 0) is 4.79 Å². The van der Waals surface area contributed by atoms with Crippen molar-refractivity contribution in [2.75, 3.05) is 11.9 Å². The third-order valence-electron chi connectivity index (χ3n) is 3.04. The highest BCUT2D eigenvalue weighted by atomic mass is 16.2. The normalized spacial score (nSPS) is 12.4. The highest BCUT2D eigenvalue weighted by molar-refractivity contribution is 5.97. The van der Waals surface area contributed by atoms with E-state index in [2.05, 4.69) is 17.2 Å². The molecule has 1 aromatic rings. The molecule has 0 unspecified atom stereocenters. The van der Waals surface area contributed by atoms with Crippen molar-refractivity contribution in [2.24, 2.45) is 11.1 Å². The number of hydrogen-bond donors (Lipinski definition) is 3. The first kappa shape index (κ1) is 16.9. The molecule has 1 atom stereocenters. The van der Waals surface area contributed by atoms with Gasteiger partial charge in [-0.3, -0.25) is 9.59 Å². The van der Waals surface area contributed by atoms with Gasteiger partial charge in [-0.05, 0) is 29.7 Å². The lowest BCUT2D eigenvalue weighted by Gasteiger charge is -2.25. The summed E-state index contributed by atoms with van der Waals surface area (Å²) < 4.78 is 0. The number of nitrogens with two attached hydrogens (primary N) is 1. The minimum Gasteiger partial charge on any atom is -0.349 e. The SMILES string of the molecule is C=CCNC(=O)c1ccc(NC(=O)[C@@H](N)C(C)(C)C)cc1. The second-order valence-electron chi connectivity index (χ2n) is 5.91. The Balaban J connectivity index is 2.69. The average molecular weight is 289 g/mol. The van der Waals surface area contributed by atoms with Crippen molar-refractivity contribution in [2.45, 2.75) is 26.8 Å². The number of nitrogens with one attached hydrogen (secondary N) is 2. The molecule has 21 heavy (non-hydrogen) atoms. The molecule has 1 rings (SSSR count). The molecule has 0 bridgehead atoms. The van der Waals surface area contributed by atoms with Crippen molar-refractivity contribution in [3.05, 3.63) is 42.5 Å². The molecule has 0 aliphatic rings. The molecule has 114 valence electrons. The summed E-state index contributed by atoms with van der Waals surface area (Å²) in [6.45, 7) is 9.67. The van der Waals surface area contributed by atoms with Gasteiger partial charge < -0.3 is 16.4 Å². The Morgan fingerprint density at radius 1 is 1.29 bits per heavy atom. The van der Waals surface area contributed by atoms with E-state index < -0.39 is 6.04 Å². The van der Waals surface area contributed by atoms with E-state index in [1.54, 1.807) is 30.3 Å². The van der Waals surface area contributed by atoms with Crippen molar-refractivity contribution < 1.29 is 9.59 Å². The Bertz CT molecular complexity index is 515. The van der Waals surface area contributed by atoms with Gasteiger partial charge in [-0.15, -0.1) is 6.58 Å². The van der Waals surface area contributed by atoms with Gasteiger partial charge >= 0.3 is 0 Å². The van der Waals surface area contributed by atoms with Crippen molar-refractivity contribution in [3.63, 3.8) is 0 Å². The van der Waals surface area contributed by atoms with Crippen LogP contribution in [0.3, 0.4) is 0 Å². The Kier molecular flexibility index (Phi) is 5.67. The van der Waals surface area contributed by atoms with Crippen LogP contribution in [0.4, 0.5) is 5.69 Å². The standard InChI is InChI=1S/C16H23N3O2/c1-5-10-18-14(20)11-6-8-12(9-7-11)19-15(21)13(17)16(2,3)4/h5-9,13H,1,10,17H2,2-4H3,(H,18,20)(H,19,21)/t13-/m1/s1. The molecular formula is C16H23N3O2. The summed E-state index contributed by atoms with van der Waals surface area (Å²) in [7, 11) is 0. The maximum atomic E-state index is 12.0. The molecule has 0 aromatic heterocycles. The molecule has 0 spiro atoms. The molecule has 4 N–H and O–H groups in total. The van der Waals surface area contributed by atoms with Gasteiger partial charge in [0.05, 0.1) is 6.04 Å². The minimum atomic E-state index is -0.604. The third kappa shape index (κ3) is 5.04. The number of carbonyl (C=O) groups is 2. The van der Waals surface area contributed by atoms with E-state index in [0.29, 0.717) is 17.8 Å². The van der Waals surface area contributed by atoms with Crippen LogP contribution in [0.1, 0.15) is 31.1 Å². The predicted molar refractivity (Wildman–Crippen MR) is 85.0 cm³/mol. The zero-order valence-electron chi connectivity index (χ0n) is 12.8. The van der Waals surface area contributed by atoms with Gasteiger partial charge in [0.1, 0.15) is 0 Å². The highest BCUT2D eigenvalue weighted by Crippen LogP contribution is 2.19. The van der Waals surface area contributed by atoms with E-state index in [1.165, 1.54) is 0 Å². The Morgan fingerprint density at radius 3 is 2.33 bits per heavy atom. The van der Waals surface area contributed by atoms with Crippen molar-refractivity contribution in [3.8, 4) is 0 Å². The van der Waals surface area contributed by atoms with Crippen molar-refractivity contribution >= 4 is 17.5 Å². The lowest BCUT2D eigenvalue weighted by atomic mass is 9.87. The van der Waals surface area contributed by atoms with Gasteiger partial charge in [-0.25, -0.2) is 0 Å². The second-order valence-corrected chi connectivity index (χ2v) is 5.91. The molecule has 0 aliphatic carbocycles. The smallest absolute Gasteiger partial charge is 0.251 e. The highest BCUT2D eigenvalue weighted by Gasteiger charge is 2.27. The van der Waals surface area contributed by atoms with Crippen LogP contribution in [0.25, 0.3) is 0 Å². The maximum Gasteiger partial charge on any atom is 0.251 e. The van der Waals surface area contributed by atoms with E-state index >= 15 is 0 Å². The van der Waals surface area contributed by atoms with Gasteiger partial charge in [0.15, 0.2) is 0 Å². The van der Waals surface area contributed by atoms with E-state index in [1.807, 2.05) is 20.8 Å². The van der Waals surface area contributed by atoms with Gasteiger partial charge in [0.25, 0.3) is 5.91 Å². The lowest BCUT2D eigenvalue weighted by Crippen LogP contribution is -2.45.